The average Bonchev–Trinajstić information content (AvgIpc) is 3.08. The summed E-state index contributed by atoms with van der Waals surface area (Å²) in [4.78, 5) is 15.7. The van der Waals surface area contributed by atoms with Crippen LogP contribution in [-0.4, -0.2) is 27.2 Å². The Morgan fingerprint density at radius 3 is 2.78 bits per heavy atom. The standard InChI is InChI=1S/C21H21N3O2S/c1-26-20(25)19-9-6-15(13-22-19)14-23-10-11-24(21(23)27)18-8-7-16-4-2-3-5-17(16)12-18/h2-6,9-11,13,18H,7-8,12,14H2,1H3. The lowest BCUT2D eigenvalue weighted by Crippen LogP contribution is -2.18. The second kappa shape index (κ2) is 7.48. The molecule has 0 amide bonds. The third-order valence-electron chi connectivity index (χ3n) is 5.16. The van der Waals surface area contributed by atoms with E-state index in [1.165, 1.54) is 18.2 Å². The van der Waals surface area contributed by atoms with Crippen LogP contribution in [0.5, 0.6) is 0 Å². The summed E-state index contributed by atoms with van der Waals surface area (Å²) in [6.07, 6.45) is 9.01. The number of hydrogen-bond acceptors (Lipinski definition) is 4. The van der Waals surface area contributed by atoms with E-state index in [1.807, 2.05) is 16.8 Å². The van der Waals surface area contributed by atoms with Gasteiger partial charge in [0.1, 0.15) is 5.69 Å². The third-order valence-corrected chi connectivity index (χ3v) is 5.61. The van der Waals surface area contributed by atoms with Crippen molar-refractivity contribution in [2.24, 2.45) is 0 Å². The minimum atomic E-state index is -0.429. The Kier molecular flexibility index (Phi) is 4.90. The zero-order chi connectivity index (χ0) is 18.8. The van der Waals surface area contributed by atoms with Crippen LogP contribution in [0, 0.1) is 4.77 Å². The zero-order valence-electron chi connectivity index (χ0n) is 15.2. The van der Waals surface area contributed by atoms with Crippen LogP contribution in [0.4, 0.5) is 0 Å². The van der Waals surface area contributed by atoms with Crippen molar-refractivity contribution >= 4 is 18.2 Å². The Morgan fingerprint density at radius 1 is 1.22 bits per heavy atom. The molecular formula is C21H21N3O2S. The van der Waals surface area contributed by atoms with E-state index in [2.05, 4.69) is 44.8 Å². The van der Waals surface area contributed by atoms with Gasteiger partial charge in [0, 0.05) is 24.6 Å². The predicted molar refractivity (Wildman–Crippen MR) is 105 cm³/mol. The molecule has 0 bridgehead atoms. The number of imidazole rings is 1. The Balaban J connectivity index is 1.51. The molecule has 2 heterocycles. The Bertz CT molecular complexity index is 1020. The number of ether oxygens (including phenoxy) is 1. The topological polar surface area (TPSA) is 49.0 Å². The molecule has 2 aromatic heterocycles. The summed E-state index contributed by atoms with van der Waals surface area (Å²) in [6.45, 7) is 0.629. The molecule has 0 saturated heterocycles. The van der Waals surface area contributed by atoms with E-state index in [9.17, 15) is 4.79 Å². The average molecular weight is 379 g/mol. The van der Waals surface area contributed by atoms with Gasteiger partial charge in [-0.05, 0) is 54.2 Å². The van der Waals surface area contributed by atoms with Gasteiger partial charge in [-0.1, -0.05) is 30.3 Å². The van der Waals surface area contributed by atoms with Crippen LogP contribution in [0.25, 0.3) is 0 Å². The Morgan fingerprint density at radius 2 is 2.04 bits per heavy atom. The first-order chi connectivity index (χ1) is 13.2. The number of methoxy groups -OCH3 is 1. The number of nitrogens with zero attached hydrogens (tertiary/aromatic N) is 3. The number of hydrogen-bond donors (Lipinski definition) is 0. The molecule has 0 spiro atoms. The summed E-state index contributed by atoms with van der Waals surface area (Å²) in [5, 5.41) is 0. The van der Waals surface area contributed by atoms with E-state index >= 15 is 0 Å². The number of pyridine rings is 1. The van der Waals surface area contributed by atoms with E-state index in [-0.39, 0.29) is 0 Å². The fourth-order valence-electron chi connectivity index (χ4n) is 3.68. The summed E-state index contributed by atoms with van der Waals surface area (Å²) in [5.74, 6) is -0.429. The van der Waals surface area contributed by atoms with Gasteiger partial charge in [-0.2, -0.15) is 0 Å². The second-order valence-electron chi connectivity index (χ2n) is 6.82. The summed E-state index contributed by atoms with van der Waals surface area (Å²) < 4.78 is 9.75. The molecule has 3 aromatic rings. The lowest BCUT2D eigenvalue weighted by atomic mass is 9.88. The van der Waals surface area contributed by atoms with Crippen molar-refractivity contribution in [3.63, 3.8) is 0 Å². The van der Waals surface area contributed by atoms with Gasteiger partial charge in [0.15, 0.2) is 4.77 Å². The highest BCUT2D eigenvalue weighted by atomic mass is 32.1. The van der Waals surface area contributed by atoms with Crippen LogP contribution in [0.15, 0.2) is 55.0 Å². The van der Waals surface area contributed by atoms with Crippen molar-refractivity contribution in [3.8, 4) is 0 Å². The van der Waals surface area contributed by atoms with Crippen LogP contribution in [0.3, 0.4) is 0 Å². The van der Waals surface area contributed by atoms with E-state index in [1.54, 1.807) is 12.3 Å². The minimum Gasteiger partial charge on any atom is -0.464 e. The number of fused-ring (bicyclic) bond motifs is 1. The fourth-order valence-corrected chi connectivity index (χ4v) is 4.02. The first-order valence-electron chi connectivity index (χ1n) is 9.03. The van der Waals surface area contributed by atoms with Crippen molar-refractivity contribution < 1.29 is 9.53 Å². The summed E-state index contributed by atoms with van der Waals surface area (Å²) in [5.41, 5.74) is 4.18. The number of carbonyl (C=O) groups is 1. The van der Waals surface area contributed by atoms with Crippen LogP contribution in [0.2, 0.25) is 0 Å². The van der Waals surface area contributed by atoms with Crippen LogP contribution < -0.4 is 0 Å². The van der Waals surface area contributed by atoms with Crippen molar-refractivity contribution in [2.45, 2.75) is 31.8 Å². The first kappa shape index (κ1) is 17.7. The lowest BCUT2D eigenvalue weighted by Gasteiger charge is -2.25. The van der Waals surface area contributed by atoms with E-state index in [0.29, 0.717) is 18.3 Å². The van der Waals surface area contributed by atoms with E-state index in [4.69, 9.17) is 12.2 Å². The number of aryl methyl sites for hydroxylation is 1. The molecule has 1 aliphatic carbocycles. The fraction of sp³-hybridized carbons (Fsp3) is 0.286. The van der Waals surface area contributed by atoms with Crippen molar-refractivity contribution in [1.29, 1.82) is 0 Å². The highest BCUT2D eigenvalue weighted by molar-refractivity contribution is 7.71. The third kappa shape index (κ3) is 3.57. The number of aromatic nitrogens is 3. The summed E-state index contributed by atoms with van der Waals surface area (Å²) in [6, 6.07) is 12.6. The maximum Gasteiger partial charge on any atom is 0.356 e. The number of carbonyl (C=O) groups excluding carboxylic acids is 1. The van der Waals surface area contributed by atoms with E-state index in [0.717, 1.165) is 29.6 Å². The highest BCUT2D eigenvalue weighted by Gasteiger charge is 2.20. The van der Waals surface area contributed by atoms with Crippen molar-refractivity contribution in [2.75, 3.05) is 7.11 Å². The monoisotopic (exact) mass is 379 g/mol. The molecule has 6 heteroatoms. The van der Waals surface area contributed by atoms with Gasteiger partial charge in [-0.15, -0.1) is 0 Å². The molecule has 0 fully saturated rings. The molecule has 0 aliphatic heterocycles. The summed E-state index contributed by atoms with van der Waals surface area (Å²) in [7, 11) is 1.35. The molecule has 1 unspecified atom stereocenters. The molecule has 0 radical (unpaired) electrons. The minimum absolute atomic E-state index is 0.309. The second-order valence-corrected chi connectivity index (χ2v) is 7.19. The maximum absolute atomic E-state index is 11.5. The molecule has 4 rings (SSSR count). The van der Waals surface area contributed by atoms with Gasteiger partial charge < -0.3 is 13.9 Å². The smallest absolute Gasteiger partial charge is 0.356 e. The van der Waals surface area contributed by atoms with Gasteiger partial charge in [-0.25, -0.2) is 9.78 Å². The molecule has 5 nitrogen and oxygen atoms in total. The van der Waals surface area contributed by atoms with Crippen LogP contribution >= 0.6 is 12.2 Å². The quantitative estimate of drug-likeness (QED) is 0.508. The molecule has 0 saturated carbocycles. The van der Waals surface area contributed by atoms with Crippen molar-refractivity contribution in [1.82, 2.24) is 14.1 Å². The Hall–Kier alpha value is -2.73. The molecular weight excluding hydrogens is 358 g/mol. The lowest BCUT2D eigenvalue weighted by molar-refractivity contribution is 0.0594. The van der Waals surface area contributed by atoms with Gasteiger partial charge in [0.25, 0.3) is 0 Å². The van der Waals surface area contributed by atoms with Crippen LogP contribution in [0.1, 0.15) is 39.6 Å². The highest BCUT2D eigenvalue weighted by Crippen LogP contribution is 2.29. The normalized spacial score (nSPS) is 16.0. The number of rotatable bonds is 4. The Labute approximate surface area is 163 Å². The van der Waals surface area contributed by atoms with E-state index < -0.39 is 5.97 Å². The van der Waals surface area contributed by atoms with Crippen LogP contribution in [-0.2, 0) is 24.1 Å². The zero-order valence-corrected chi connectivity index (χ0v) is 16.0. The maximum atomic E-state index is 11.5. The molecule has 1 aromatic carbocycles. The molecule has 1 aliphatic rings. The van der Waals surface area contributed by atoms with Crippen molar-refractivity contribution in [3.05, 3.63) is 82.1 Å². The molecule has 27 heavy (non-hydrogen) atoms. The molecule has 0 N–H and O–H groups in total. The number of benzene rings is 1. The predicted octanol–water partition coefficient (Wildman–Crippen LogP) is 3.98. The first-order valence-corrected chi connectivity index (χ1v) is 9.44. The number of esters is 1. The van der Waals surface area contributed by atoms with Gasteiger partial charge in [0.2, 0.25) is 0 Å². The van der Waals surface area contributed by atoms with Gasteiger partial charge in [0.05, 0.1) is 13.7 Å². The summed E-state index contributed by atoms with van der Waals surface area (Å²) >= 11 is 5.72. The van der Waals surface area contributed by atoms with Gasteiger partial charge in [-0.3, -0.25) is 0 Å². The molecule has 1 atom stereocenters. The SMILES string of the molecule is COC(=O)c1ccc(Cn2ccn(C3CCc4ccccc4C3)c2=S)cn1. The van der Waals surface area contributed by atoms with Gasteiger partial charge >= 0.3 is 5.97 Å². The molecule has 138 valence electrons. The largest absolute Gasteiger partial charge is 0.464 e.